The Hall–Kier alpha value is -5.69. The van der Waals surface area contributed by atoms with Crippen LogP contribution in [0, 0.1) is 37.1 Å². The van der Waals surface area contributed by atoms with Crippen LogP contribution in [0.25, 0.3) is 0 Å². The zero-order valence-corrected chi connectivity index (χ0v) is 36.2. The number of benzene rings is 6. The average molecular weight is 851 g/mol. The smallest absolute Gasteiger partial charge is 0.0622 e. The van der Waals surface area contributed by atoms with E-state index >= 15 is 17.6 Å². The summed E-state index contributed by atoms with van der Waals surface area (Å²) in [5.41, 5.74) is 8.46. The van der Waals surface area contributed by atoms with Gasteiger partial charge in [0.15, 0.2) is 0 Å². The van der Waals surface area contributed by atoms with Gasteiger partial charge in [0.25, 0.3) is 0 Å². The summed E-state index contributed by atoms with van der Waals surface area (Å²) in [4.78, 5) is 0. The van der Waals surface area contributed by atoms with Gasteiger partial charge in [0.2, 0.25) is 0 Å². The molecule has 0 amide bonds. The van der Waals surface area contributed by atoms with E-state index in [0.29, 0.717) is 32.0 Å². The first-order valence-corrected chi connectivity index (χ1v) is 24.3. The van der Waals surface area contributed by atoms with Crippen molar-refractivity contribution >= 4 is 30.5 Å². The van der Waals surface area contributed by atoms with Gasteiger partial charge >= 0.3 is 326 Å². The Morgan fingerprint density at radius 3 is 1.31 bits per heavy atom. The van der Waals surface area contributed by atoms with E-state index in [1.54, 1.807) is 0 Å². The zero-order chi connectivity index (χ0) is 42.3. The summed E-state index contributed by atoms with van der Waals surface area (Å²) in [7, 11) is 0. The molecule has 6 aromatic carbocycles. The predicted molar refractivity (Wildman–Crippen MR) is 242 cm³/mol. The molecule has 0 spiro atoms. The number of hydrogen-bond acceptors (Lipinski definition) is 2. The molecule has 0 heterocycles. The summed E-state index contributed by atoms with van der Waals surface area (Å²) in [6.07, 6.45) is 17.1. The third kappa shape index (κ3) is 9.03. The molecule has 0 bridgehead atoms. The van der Waals surface area contributed by atoms with Crippen LogP contribution in [-0.4, -0.2) is 0 Å². The number of hydrogen-bond donors (Lipinski definition) is 2. The minimum absolute atomic E-state index is 0.0538. The molecule has 0 aliphatic heterocycles. The Morgan fingerprint density at radius 2 is 0.918 bits per heavy atom. The number of rotatable bonds is 16. The number of halogens is 4. The van der Waals surface area contributed by atoms with Gasteiger partial charge in [0.1, 0.15) is 0 Å². The van der Waals surface area contributed by atoms with Gasteiger partial charge in [-0.2, -0.15) is 0 Å². The van der Waals surface area contributed by atoms with Gasteiger partial charge in [-0.05, 0) is 0 Å². The van der Waals surface area contributed by atoms with E-state index in [9.17, 15) is 0 Å². The molecule has 0 fully saturated rings. The summed E-state index contributed by atoms with van der Waals surface area (Å²) in [6.45, 7) is 4.12. The van der Waals surface area contributed by atoms with Crippen LogP contribution in [0.15, 0.2) is 166 Å². The summed E-state index contributed by atoms with van der Waals surface area (Å²) in [6, 6.07) is 37.7. The molecule has 0 aromatic heterocycles. The zero-order valence-electron chi connectivity index (χ0n) is 34.7. The molecule has 308 valence electrons. The van der Waals surface area contributed by atoms with Crippen molar-refractivity contribution in [1.29, 1.82) is 0 Å². The molecule has 0 atom stereocenters. The molecule has 0 radical (unpaired) electrons. The third-order valence-electron chi connectivity index (χ3n) is 12.2. The fraction of sp³-hybridized carbons (Fsp3) is 0.185. The molecule has 6 aromatic rings. The predicted octanol–water partition coefficient (Wildman–Crippen LogP) is 13.5. The van der Waals surface area contributed by atoms with Crippen LogP contribution in [0.3, 0.4) is 0 Å². The van der Waals surface area contributed by atoms with Gasteiger partial charge in [-0.1, -0.05) is 36.4 Å². The number of anilines is 4. The molecule has 8 rings (SSSR count). The molecule has 61 heavy (non-hydrogen) atoms. The average Bonchev–Trinajstić information content (AvgIpc) is 4.02. The first-order valence-electron chi connectivity index (χ1n) is 21.2. The minimum Gasteiger partial charge on any atom is -0.0622 e. The second-order valence-corrected chi connectivity index (χ2v) is 22.1. The molecule has 2 aliphatic rings. The molecule has 2 nitrogen and oxygen atoms in total. The molecule has 0 unspecified atom stereocenters. The topological polar surface area (TPSA) is 24.1 Å². The van der Waals surface area contributed by atoms with E-state index in [1.807, 2.05) is 109 Å². The van der Waals surface area contributed by atoms with Crippen LogP contribution in [0.1, 0.15) is 59.1 Å². The summed E-state index contributed by atoms with van der Waals surface area (Å²) in [5.74, 6) is -3.29. The van der Waals surface area contributed by atoms with E-state index in [4.69, 9.17) is 0 Å². The molecular formula is C54H50F4N2Ti. The van der Waals surface area contributed by atoms with Crippen molar-refractivity contribution in [3.05, 3.63) is 222 Å². The monoisotopic (exact) mass is 850 g/mol. The summed E-state index contributed by atoms with van der Waals surface area (Å²) in [5, 5.41) is 6.49. The molecule has 2 N–H and O–H groups in total. The Labute approximate surface area is 360 Å². The van der Waals surface area contributed by atoms with Gasteiger partial charge in [-0.25, -0.2) is 0 Å². The van der Waals surface area contributed by atoms with Crippen molar-refractivity contribution in [2.75, 3.05) is 10.6 Å². The fourth-order valence-electron chi connectivity index (χ4n) is 9.01. The van der Waals surface area contributed by atoms with Crippen molar-refractivity contribution < 1.29 is 34.2 Å². The molecule has 0 saturated carbocycles. The van der Waals surface area contributed by atoms with Crippen LogP contribution in [0.4, 0.5) is 40.3 Å². The van der Waals surface area contributed by atoms with E-state index < -0.39 is 39.9 Å². The quantitative estimate of drug-likeness (QED) is 0.0749. The van der Waals surface area contributed by atoms with Crippen LogP contribution in [0.2, 0.25) is 0 Å². The van der Waals surface area contributed by atoms with E-state index in [2.05, 4.69) is 48.7 Å². The summed E-state index contributed by atoms with van der Waals surface area (Å²) >= 11 is -5.09. The van der Waals surface area contributed by atoms with Gasteiger partial charge in [-0.15, -0.1) is 0 Å². The Bertz CT molecular complexity index is 2480. The minimum atomic E-state index is -5.09. The van der Waals surface area contributed by atoms with Gasteiger partial charge in [0.05, 0.1) is 0 Å². The Morgan fingerprint density at radius 1 is 0.492 bits per heavy atom. The normalized spacial score (nSPS) is 13.4. The first kappa shape index (κ1) is 42.0. The molecule has 7 heteroatoms. The van der Waals surface area contributed by atoms with E-state index in [-0.39, 0.29) is 19.1 Å². The standard InChI is InChI=1S/2C22H20F2N.2C5H5.Ti/c2*1-16-10-12-20(25-22-13-11-19(23)15-21(22)24)14-18(16)9-5-8-17-6-3-2-4-7-17;2*1-2-4-5-3-1;/h2*2-4,6-7,10-14,25H,5,8-9H2,1H3;2*1-3H,4H2;. The van der Waals surface area contributed by atoms with E-state index in [1.165, 1.54) is 35.4 Å². The third-order valence-corrected chi connectivity index (χ3v) is 20.1. The first-order chi connectivity index (χ1) is 29.7. The van der Waals surface area contributed by atoms with Crippen LogP contribution < -0.4 is 18.4 Å². The number of nitrogens with one attached hydrogen (secondary N) is 2. The second-order valence-electron chi connectivity index (χ2n) is 16.2. The van der Waals surface area contributed by atoms with E-state index in [0.717, 1.165) is 60.8 Å². The van der Waals surface area contributed by atoms with Crippen molar-refractivity contribution in [2.45, 2.75) is 65.2 Å². The van der Waals surface area contributed by atoms with Crippen molar-refractivity contribution in [1.82, 2.24) is 0 Å². The van der Waals surface area contributed by atoms with Gasteiger partial charge < -0.3 is 0 Å². The number of allylic oxidation sites excluding steroid dienone is 8. The Kier molecular flexibility index (Phi) is 13.0. The van der Waals surface area contributed by atoms with Crippen molar-refractivity contribution in [2.24, 2.45) is 0 Å². The molecule has 0 saturated heterocycles. The van der Waals surface area contributed by atoms with Gasteiger partial charge in [0, 0.05) is 0 Å². The SMILES string of the molecule is Cc1ccc(Nc2ccc(F)[c]([Ti]([C]3=CC=CC3)([C]3=CC=CC3)[c]3c(F)ccc(Nc4ccc(C)c(CCCc5ccccc5)c4)c3F)c2F)cc1CCCc1ccccc1. The maximum atomic E-state index is 17.7. The van der Waals surface area contributed by atoms with Gasteiger partial charge in [-0.3, -0.25) is 0 Å². The number of aryl methyl sites for hydroxylation is 6. The van der Waals surface area contributed by atoms with Crippen molar-refractivity contribution in [3.8, 4) is 0 Å². The maximum absolute atomic E-state index is 17.7. The molecular weight excluding hydrogens is 800 g/mol. The van der Waals surface area contributed by atoms with Crippen LogP contribution >= 0.6 is 0 Å². The van der Waals surface area contributed by atoms with Crippen LogP contribution in [-0.2, 0) is 42.3 Å². The molecule has 2 aliphatic carbocycles. The van der Waals surface area contributed by atoms with Crippen molar-refractivity contribution in [3.63, 3.8) is 0 Å². The second kappa shape index (κ2) is 18.9. The summed E-state index contributed by atoms with van der Waals surface area (Å²) < 4.78 is 69.9. The fourth-order valence-corrected chi connectivity index (χ4v) is 17.3. The van der Waals surface area contributed by atoms with Crippen LogP contribution in [0.5, 0.6) is 0 Å². The Balaban J connectivity index is 1.16.